The molecule has 0 amide bonds. The third-order valence-electron chi connectivity index (χ3n) is 7.14. The van der Waals surface area contributed by atoms with Crippen LogP contribution in [-0.4, -0.2) is 36.0 Å². The topological polar surface area (TPSA) is 0 Å². The zero-order valence-electron chi connectivity index (χ0n) is 25.7. The minimum absolute atomic E-state index is 0. The van der Waals surface area contributed by atoms with Crippen LogP contribution in [0.4, 0.5) is 0 Å². The fraction of sp³-hybridized carbons (Fsp3) is 0.444. The smallest absolute Gasteiger partial charge is 0.290 e. The van der Waals surface area contributed by atoms with Crippen LogP contribution >= 0.6 is 15.8 Å². The van der Waals surface area contributed by atoms with E-state index >= 15 is 0 Å². The molecule has 2 atom stereocenters. The van der Waals surface area contributed by atoms with Gasteiger partial charge >= 0.3 is 34.1 Å². The molecule has 0 N–H and O–H groups in total. The number of rotatable bonds is 12. The first kappa shape index (κ1) is 39.3. The summed E-state index contributed by atoms with van der Waals surface area (Å²) in [4.78, 5) is 0. The van der Waals surface area contributed by atoms with E-state index in [1.54, 1.807) is 11.5 Å². The second kappa shape index (κ2) is 23.8. The van der Waals surface area contributed by atoms with Crippen molar-refractivity contribution in [3.05, 3.63) is 120 Å². The van der Waals surface area contributed by atoms with Gasteiger partial charge in [-0.2, -0.15) is 42.0 Å². The Balaban J connectivity index is 0.00000105. The first-order valence-electron chi connectivity index (χ1n) is 14.9. The molecule has 0 saturated heterocycles. The van der Waals surface area contributed by atoms with Crippen LogP contribution in [0.2, 0.25) is 0 Å². The Kier molecular flexibility index (Phi) is 23.4. The van der Waals surface area contributed by atoms with Crippen LogP contribution in [0.15, 0.2) is 108 Å². The van der Waals surface area contributed by atoms with Crippen molar-refractivity contribution in [1.82, 2.24) is 0 Å². The average molecular weight is 658 g/mol. The van der Waals surface area contributed by atoms with Crippen molar-refractivity contribution in [1.29, 1.82) is 0 Å². The Morgan fingerprint density at radius 1 is 0.725 bits per heavy atom. The molecule has 4 heteroatoms. The molecule has 222 valence electrons. The fourth-order valence-electron chi connectivity index (χ4n) is 5.27. The molecule has 0 radical (unpaired) electrons. The van der Waals surface area contributed by atoms with Crippen LogP contribution in [-0.2, 0) is 34.1 Å². The molecule has 0 bridgehead atoms. The molecular weight excluding hydrogens is 606 g/mol. The molecular formula is C36H52Fe2P2. The van der Waals surface area contributed by atoms with Crippen molar-refractivity contribution in [2.75, 3.05) is 24.6 Å². The van der Waals surface area contributed by atoms with Crippen LogP contribution in [0, 0.1) is 12.3 Å². The van der Waals surface area contributed by atoms with E-state index in [-0.39, 0.29) is 50.0 Å². The van der Waals surface area contributed by atoms with Gasteiger partial charge in [-0.25, -0.2) is 36.8 Å². The minimum atomic E-state index is 0. The van der Waals surface area contributed by atoms with Crippen LogP contribution in [0.25, 0.3) is 0 Å². The van der Waals surface area contributed by atoms with Crippen LogP contribution in [0.1, 0.15) is 67.2 Å². The maximum atomic E-state index is 2.50. The standard InChI is InChI=1S/C26H42P2.2C5H5.2Fe/c1-7-17-27(18-8-2)21(5)23-13-11-15-25(23)26-16-12-14-24(26)22(6)28(19-9-3)20-10-4;2*1-2-4-5-3-1;;/h11-16,21-22H,7-10,17-20H2,1-6H3;2*1-5H;;/q-2;2*-1;2*+2. The zero-order valence-corrected chi connectivity index (χ0v) is 29.6. The number of hydrogen-bond donors (Lipinski definition) is 0. The van der Waals surface area contributed by atoms with Gasteiger partial charge in [0.15, 0.2) is 0 Å². The normalized spacial score (nSPS) is 16.7. The van der Waals surface area contributed by atoms with Gasteiger partial charge < -0.3 is 0 Å². The van der Waals surface area contributed by atoms with Gasteiger partial charge in [0, 0.05) is 0 Å². The number of hydrogen-bond acceptors (Lipinski definition) is 0. The summed E-state index contributed by atoms with van der Waals surface area (Å²) >= 11 is 0. The molecule has 2 unspecified atom stereocenters. The predicted molar refractivity (Wildman–Crippen MR) is 178 cm³/mol. The van der Waals surface area contributed by atoms with E-state index < -0.39 is 0 Å². The zero-order chi connectivity index (χ0) is 27.6. The molecule has 0 spiro atoms. The van der Waals surface area contributed by atoms with Crippen LogP contribution < -0.4 is 0 Å². The van der Waals surface area contributed by atoms with Gasteiger partial charge in [-0.05, 0) is 30.3 Å². The molecule has 2 aliphatic carbocycles. The summed E-state index contributed by atoms with van der Waals surface area (Å²) in [5.74, 6) is 1.61. The van der Waals surface area contributed by atoms with Gasteiger partial charge in [0.05, 0.1) is 0 Å². The van der Waals surface area contributed by atoms with Crippen LogP contribution in [0.3, 0.4) is 0 Å². The summed E-state index contributed by atoms with van der Waals surface area (Å²) in [7, 11) is 0.181. The van der Waals surface area contributed by atoms with Crippen molar-refractivity contribution >= 4 is 15.8 Å². The summed E-state index contributed by atoms with van der Waals surface area (Å²) in [6.45, 7) is 14.4. The van der Waals surface area contributed by atoms with E-state index in [4.69, 9.17) is 0 Å². The third kappa shape index (κ3) is 13.1. The molecule has 0 fully saturated rings. The average Bonchev–Trinajstić information content (AvgIpc) is 3.75. The van der Waals surface area contributed by atoms with Crippen molar-refractivity contribution in [2.24, 2.45) is 0 Å². The predicted octanol–water partition coefficient (Wildman–Crippen LogP) is 11.3. The van der Waals surface area contributed by atoms with E-state index in [2.05, 4.69) is 78.3 Å². The van der Waals surface area contributed by atoms with Crippen molar-refractivity contribution in [3.8, 4) is 0 Å². The summed E-state index contributed by atoms with van der Waals surface area (Å²) in [5, 5.41) is 0. The van der Waals surface area contributed by atoms with Gasteiger partial charge in [0.2, 0.25) is 0 Å². The van der Waals surface area contributed by atoms with E-state index in [0.717, 1.165) is 0 Å². The Labute approximate surface area is 271 Å². The largest absolute Gasteiger partial charge is 2.00 e. The minimum Gasteiger partial charge on any atom is -0.290 e. The van der Waals surface area contributed by atoms with Crippen molar-refractivity contribution < 1.29 is 34.1 Å². The van der Waals surface area contributed by atoms with Gasteiger partial charge in [-0.1, -0.05) is 85.0 Å². The monoisotopic (exact) mass is 658 g/mol. The maximum absolute atomic E-state index is 2.50. The Bertz CT molecular complexity index is 880. The maximum Gasteiger partial charge on any atom is 2.00 e. The third-order valence-corrected chi connectivity index (χ3v) is 14.0. The SMILES string of the molecule is CCCP(CCC)C(C)C1=CC=CC1=C1[CH-]C=C[C-]1C(C)P(CCC)CCC.[Fe+2].[Fe+2].c1cc[cH-]c1.c1cc[cH-]c1. The molecule has 2 aromatic carbocycles. The Morgan fingerprint density at radius 2 is 1.20 bits per heavy atom. The summed E-state index contributed by atoms with van der Waals surface area (Å²) in [6.07, 6.45) is 25.2. The van der Waals surface area contributed by atoms with Gasteiger partial charge in [-0.15, -0.1) is 27.5 Å². The molecule has 0 aromatic heterocycles. The summed E-state index contributed by atoms with van der Waals surface area (Å²) < 4.78 is 0. The molecule has 2 aromatic rings. The molecule has 0 heterocycles. The van der Waals surface area contributed by atoms with E-state index in [1.165, 1.54) is 61.5 Å². The fourth-order valence-corrected chi connectivity index (χ4v) is 10.8. The van der Waals surface area contributed by atoms with Gasteiger partial charge in [0.25, 0.3) is 0 Å². The quantitative estimate of drug-likeness (QED) is 0.121. The molecule has 0 aliphatic heterocycles. The van der Waals surface area contributed by atoms with E-state index in [0.29, 0.717) is 11.3 Å². The first-order chi connectivity index (χ1) is 18.6. The number of allylic oxidation sites excluding steroid dienone is 8. The Hall–Kier alpha value is -0.701. The molecule has 0 saturated carbocycles. The van der Waals surface area contributed by atoms with Gasteiger partial charge in [0.1, 0.15) is 0 Å². The Morgan fingerprint density at radius 3 is 1.62 bits per heavy atom. The van der Waals surface area contributed by atoms with Gasteiger partial charge in [-0.3, -0.25) is 17.6 Å². The van der Waals surface area contributed by atoms with E-state index in [1.807, 2.05) is 60.7 Å². The van der Waals surface area contributed by atoms with E-state index in [9.17, 15) is 0 Å². The molecule has 40 heavy (non-hydrogen) atoms. The van der Waals surface area contributed by atoms with Crippen molar-refractivity contribution in [2.45, 2.75) is 78.5 Å². The molecule has 2 aliphatic rings. The van der Waals surface area contributed by atoms with Crippen LogP contribution in [0.5, 0.6) is 0 Å². The second-order valence-corrected chi connectivity index (χ2v) is 15.8. The second-order valence-electron chi connectivity index (χ2n) is 10.1. The first-order valence-corrected chi connectivity index (χ1v) is 18.5. The molecule has 0 nitrogen and oxygen atoms in total. The summed E-state index contributed by atoms with van der Waals surface area (Å²) in [5.41, 5.74) is 6.10. The summed E-state index contributed by atoms with van der Waals surface area (Å²) in [6, 6.07) is 20.0. The molecule has 4 rings (SSSR count). The van der Waals surface area contributed by atoms with Crippen molar-refractivity contribution in [3.63, 3.8) is 0 Å².